The molecule has 0 saturated heterocycles. The fourth-order valence-electron chi connectivity index (χ4n) is 10.1. The summed E-state index contributed by atoms with van der Waals surface area (Å²) in [7, 11) is 0. The second kappa shape index (κ2) is 69.1. The number of ether oxygens (including phenoxy) is 3. The predicted molar refractivity (Wildman–Crippen MR) is 353 cm³/mol. The summed E-state index contributed by atoms with van der Waals surface area (Å²) in [5.41, 5.74) is 0. The van der Waals surface area contributed by atoms with Gasteiger partial charge in [0.2, 0.25) is 0 Å². The highest BCUT2D eigenvalue weighted by atomic mass is 16.6. The number of esters is 3. The van der Waals surface area contributed by atoms with Crippen LogP contribution in [0.2, 0.25) is 0 Å². The molecule has 0 aromatic heterocycles. The van der Waals surface area contributed by atoms with Gasteiger partial charge in [-0.15, -0.1) is 0 Å². The third-order valence-electron chi connectivity index (χ3n) is 15.4. The number of hydrogen-bond donors (Lipinski definition) is 0. The fourth-order valence-corrected chi connectivity index (χ4v) is 10.1. The molecule has 0 N–H and O–H groups in total. The van der Waals surface area contributed by atoms with E-state index in [2.05, 4.69) is 106 Å². The van der Waals surface area contributed by atoms with Gasteiger partial charge in [-0.25, -0.2) is 0 Å². The molecule has 0 rings (SSSR count). The standard InChI is InChI=1S/C75H132O6/c1-4-7-10-13-16-19-22-25-28-30-32-34-36-37-39-40-42-44-47-50-53-56-59-62-65-68-74(77)80-71-72(70-79-73(76)67-64-61-58-55-52-49-46-27-24-21-18-15-12-9-6-3)81-75(78)69-66-63-60-57-54-51-48-45-43-41-38-35-33-31-29-26-23-20-17-14-11-8-5-2/h7,10,16,18-19,21,25,27-28,31-34,46,72H,4-6,8-9,11-15,17,20,22-24,26,29-30,35-45,47-71H2,1-3H3/b10-7-,19-16-,21-18-,28-25-,33-31-,34-32-,46-27-. The van der Waals surface area contributed by atoms with Crippen LogP contribution in [0.3, 0.4) is 0 Å². The topological polar surface area (TPSA) is 78.9 Å². The van der Waals surface area contributed by atoms with Gasteiger partial charge in [0.15, 0.2) is 6.10 Å². The summed E-state index contributed by atoms with van der Waals surface area (Å²) in [6.45, 7) is 6.54. The lowest BCUT2D eigenvalue weighted by Crippen LogP contribution is -2.30. The van der Waals surface area contributed by atoms with Gasteiger partial charge in [-0.05, 0) is 116 Å². The average molecular weight is 1130 g/mol. The molecule has 468 valence electrons. The van der Waals surface area contributed by atoms with Crippen LogP contribution in [0.25, 0.3) is 0 Å². The Morgan fingerprint density at radius 2 is 0.481 bits per heavy atom. The molecule has 0 saturated carbocycles. The van der Waals surface area contributed by atoms with Gasteiger partial charge in [0.1, 0.15) is 13.2 Å². The van der Waals surface area contributed by atoms with Crippen LogP contribution in [0, 0.1) is 0 Å². The van der Waals surface area contributed by atoms with Crippen molar-refractivity contribution in [2.45, 2.75) is 361 Å². The second-order valence-corrected chi connectivity index (χ2v) is 23.4. The Hall–Kier alpha value is -3.41. The third-order valence-corrected chi connectivity index (χ3v) is 15.4. The lowest BCUT2D eigenvalue weighted by Gasteiger charge is -2.18. The van der Waals surface area contributed by atoms with Crippen molar-refractivity contribution in [3.8, 4) is 0 Å². The Morgan fingerprint density at radius 3 is 0.790 bits per heavy atom. The maximum atomic E-state index is 13.0. The third kappa shape index (κ3) is 67.3. The van der Waals surface area contributed by atoms with Gasteiger partial charge in [-0.1, -0.05) is 305 Å². The maximum absolute atomic E-state index is 13.0. The van der Waals surface area contributed by atoms with Gasteiger partial charge in [0.05, 0.1) is 0 Å². The van der Waals surface area contributed by atoms with E-state index in [-0.39, 0.29) is 31.1 Å². The molecule has 0 fully saturated rings. The monoisotopic (exact) mass is 1130 g/mol. The molecule has 0 radical (unpaired) electrons. The zero-order valence-electron chi connectivity index (χ0n) is 53.8. The minimum Gasteiger partial charge on any atom is -0.462 e. The average Bonchev–Trinajstić information content (AvgIpc) is 3.47. The largest absolute Gasteiger partial charge is 0.462 e. The molecule has 1 atom stereocenters. The van der Waals surface area contributed by atoms with Crippen LogP contribution < -0.4 is 0 Å². The molecule has 6 nitrogen and oxygen atoms in total. The first-order valence-electron chi connectivity index (χ1n) is 35.1. The van der Waals surface area contributed by atoms with Gasteiger partial charge in [-0.2, -0.15) is 0 Å². The van der Waals surface area contributed by atoms with E-state index >= 15 is 0 Å². The Morgan fingerprint density at radius 1 is 0.259 bits per heavy atom. The number of hydrogen-bond acceptors (Lipinski definition) is 6. The minimum absolute atomic E-state index is 0.0801. The van der Waals surface area contributed by atoms with E-state index in [1.807, 2.05) is 0 Å². The Balaban J connectivity index is 4.32. The van der Waals surface area contributed by atoms with Gasteiger partial charge >= 0.3 is 17.9 Å². The number of carbonyl (C=O) groups is 3. The van der Waals surface area contributed by atoms with Gasteiger partial charge in [0, 0.05) is 19.3 Å². The van der Waals surface area contributed by atoms with E-state index in [1.54, 1.807) is 0 Å². The van der Waals surface area contributed by atoms with Gasteiger partial charge in [0.25, 0.3) is 0 Å². The summed E-state index contributed by atoms with van der Waals surface area (Å²) in [5.74, 6) is -0.879. The number of carbonyl (C=O) groups excluding carboxylic acids is 3. The van der Waals surface area contributed by atoms with Crippen LogP contribution in [0.1, 0.15) is 355 Å². The van der Waals surface area contributed by atoms with Gasteiger partial charge in [-0.3, -0.25) is 14.4 Å². The summed E-state index contributed by atoms with van der Waals surface area (Å²) >= 11 is 0. The Kier molecular flexibility index (Phi) is 66.2. The summed E-state index contributed by atoms with van der Waals surface area (Å²) in [6.07, 6.45) is 91.7. The Labute approximate surface area is 503 Å². The fraction of sp³-hybridized carbons (Fsp3) is 0.773. The summed E-state index contributed by atoms with van der Waals surface area (Å²) in [5, 5.41) is 0. The highest BCUT2D eigenvalue weighted by molar-refractivity contribution is 5.71. The minimum atomic E-state index is -0.785. The van der Waals surface area contributed by atoms with Gasteiger partial charge < -0.3 is 14.2 Å². The highest BCUT2D eigenvalue weighted by Gasteiger charge is 2.19. The molecule has 6 heteroatoms. The zero-order valence-corrected chi connectivity index (χ0v) is 53.8. The van der Waals surface area contributed by atoms with Crippen LogP contribution in [0.5, 0.6) is 0 Å². The van der Waals surface area contributed by atoms with E-state index in [9.17, 15) is 14.4 Å². The van der Waals surface area contributed by atoms with E-state index in [4.69, 9.17) is 14.2 Å². The second-order valence-electron chi connectivity index (χ2n) is 23.4. The van der Waals surface area contributed by atoms with Crippen LogP contribution in [0.15, 0.2) is 85.1 Å². The molecule has 81 heavy (non-hydrogen) atoms. The van der Waals surface area contributed by atoms with Crippen LogP contribution >= 0.6 is 0 Å². The molecule has 0 aromatic rings. The maximum Gasteiger partial charge on any atom is 0.306 e. The quantitative estimate of drug-likeness (QED) is 0.0261. The molecular formula is C75H132O6. The Bertz CT molecular complexity index is 1530. The summed E-state index contributed by atoms with van der Waals surface area (Å²) < 4.78 is 17.0. The molecule has 0 amide bonds. The predicted octanol–water partition coefficient (Wildman–Crippen LogP) is 24.2. The number of unbranched alkanes of at least 4 members (excludes halogenated alkanes) is 39. The first-order valence-corrected chi connectivity index (χ1v) is 35.1. The van der Waals surface area contributed by atoms with Crippen molar-refractivity contribution in [2.75, 3.05) is 13.2 Å². The van der Waals surface area contributed by atoms with E-state index < -0.39 is 6.10 Å². The number of allylic oxidation sites excluding steroid dienone is 14. The summed E-state index contributed by atoms with van der Waals surface area (Å²) in [6, 6.07) is 0. The van der Waals surface area contributed by atoms with Crippen molar-refractivity contribution >= 4 is 17.9 Å². The van der Waals surface area contributed by atoms with Crippen LogP contribution in [-0.4, -0.2) is 37.2 Å². The molecule has 0 aromatic carbocycles. The molecule has 0 aliphatic carbocycles. The molecule has 1 unspecified atom stereocenters. The van der Waals surface area contributed by atoms with Crippen LogP contribution in [0.4, 0.5) is 0 Å². The lowest BCUT2D eigenvalue weighted by atomic mass is 10.0. The molecule has 0 spiro atoms. The zero-order chi connectivity index (χ0) is 58.5. The van der Waals surface area contributed by atoms with Crippen molar-refractivity contribution in [2.24, 2.45) is 0 Å². The smallest absolute Gasteiger partial charge is 0.306 e. The number of rotatable bonds is 64. The lowest BCUT2D eigenvalue weighted by molar-refractivity contribution is -0.167. The van der Waals surface area contributed by atoms with Crippen molar-refractivity contribution in [1.82, 2.24) is 0 Å². The van der Waals surface area contributed by atoms with Crippen molar-refractivity contribution in [1.29, 1.82) is 0 Å². The van der Waals surface area contributed by atoms with Crippen molar-refractivity contribution in [3.05, 3.63) is 85.1 Å². The molecule has 0 heterocycles. The van der Waals surface area contributed by atoms with E-state index in [0.717, 1.165) is 103 Å². The first kappa shape index (κ1) is 77.6. The molecule has 0 bridgehead atoms. The van der Waals surface area contributed by atoms with E-state index in [1.165, 1.54) is 212 Å². The van der Waals surface area contributed by atoms with Crippen molar-refractivity contribution < 1.29 is 28.6 Å². The van der Waals surface area contributed by atoms with Crippen molar-refractivity contribution in [3.63, 3.8) is 0 Å². The van der Waals surface area contributed by atoms with Crippen LogP contribution in [-0.2, 0) is 28.6 Å². The highest BCUT2D eigenvalue weighted by Crippen LogP contribution is 2.17. The first-order chi connectivity index (χ1) is 40.0. The SMILES string of the molecule is CC/C=C\C/C=C\C/C=C\C/C=C\CCCCCCCCCCCCCCC(=O)OCC(COC(=O)CCCCCCC/C=C\C/C=C\CCCCC)OC(=O)CCCCCCCCCCCCC/C=C\CCCCCCCCCC. The molecule has 0 aliphatic rings. The summed E-state index contributed by atoms with van der Waals surface area (Å²) in [4.78, 5) is 38.5. The molecular weight excluding hydrogens is 997 g/mol. The van der Waals surface area contributed by atoms with E-state index in [0.29, 0.717) is 19.3 Å². The molecule has 0 aliphatic heterocycles. The normalized spacial score (nSPS) is 12.6.